The molecular weight excluding hydrogens is 159 g/mol. The zero-order valence-electron chi connectivity index (χ0n) is 4.16. The minimum absolute atomic E-state index is 0.225. The van der Waals surface area contributed by atoms with E-state index in [2.05, 4.69) is 22.9 Å². The van der Waals surface area contributed by atoms with E-state index < -0.39 is 0 Å². The third kappa shape index (κ3) is 6.41. The van der Waals surface area contributed by atoms with Crippen molar-refractivity contribution in [2.75, 3.05) is 6.67 Å². The van der Waals surface area contributed by atoms with Crippen molar-refractivity contribution >= 4 is 15.9 Å². The van der Waals surface area contributed by atoms with Gasteiger partial charge >= 0.3 is 0 Å². The Labute approximate surface area is 52.2 Å². The minimum Gasteiger partial charge on any atom is -0.251 e. The predicted octanol–water partition coefficient (Wildman–Crippen LogP) is 2.33. The Balaban J connectivity index is 2.68. The van der Waals surface area contributed by atoms with Crippen LogP contribution in [-0.2, 0) is 0 Å². The van der Waals surface area contributed by atoms with Gasteiger partial charge in [0.05, 0.1) is 6.67 Å². The maximum absolute atomic E-state index is 11.3. The summed E-state index contributed by atoms with van der Waals surface area (Å²) in [5.41, 5.74) is 0. The summed E-state index contributed by atoms with van der Waals surface area (Å²) in [6.45, 7) is 3.40. The van der Waals surface area contributed by atoms with Gasteiger partial charge in [0.15, 0.2) is 0 Å². The van der Waals surface area contributed by atoms with Gasteiger partial charge in [0.2, 0.25) is 0 Å². The average Bonchev–Trinajstić information content (AvgIpc) is 1.61. The van der Waals surface area contributed by atoms with Crippen molar-refractivity contribution in [1.82, 2.24) is 0 Å². The molecule has 1 atom stereocenters. The molecule has 0 N–H and O–H groups in total. The Bertz CT molecular complexity index is 37.1. The number of halogens is 2. The highest BCUT2D eigenvalue weighted by atomic mass is 79.9. The molecule has 0 aliphatic heterocycles. The van der Waals surface area contributed by atoms with E-state index in [-0.39, 0.29) is 11.5 Å². The fourth-order valence-electron chi connectivity index (χ4n) is 0.299. The third-order valence-corrected chi connectivity index (χ3v) is 1.11. The van der Waals surface area contributed by atoms with Crippen molar-refractivity contribution < 1.29 is 4.39 Å². The van der Waals surface area contributed by atoms with E-state index in [1.54, 1.807) is 0 Å². The van der Waals surface area contributed by atoms with Crippen LogP contribution in [0.4, 0.5) is 4.39 Å². The number of alkyl halides is 2. The summed E-state index contributed by atoms with van der Waals surface area (Å²) < 4.78 is 11.3. The largest absolute Gasteiger partial charge is 0.251 e. The van der Waals surface area contributed by atoms with Crippen LogP contribution in [-0.4, -0.2) is 11.5 Å². The van der Waals surface area contributed by atoms with Crippen LogP contribution in [0.1, 0.15) is 12.8 Å². The van der Waals surface area contributed by atoms with E-state index in [9.17, 15) is 4.39 Å². The number of hydrogen-bond acceptors (Lipinski definition) is 0. The van der Waals surface area contributed by atoms with Gasteiger partial charge in [-0.2, -0.15) is 0 Å². The molecule has 0 aliphatic carbocycles. The third-order valence-electron chi connectivity index (χ3n) is 0.651. The van der Waals surface area contributed by atoms with Gasteiger partial charge in [-0.3, -0.25) is 4.39 Å². The smallest absolute Gasteiger partial charge is 0.0894 e. The molecular formula is C5H9BrF. The Kier molecular flexibility index (Phi) is 4.83. The van der Waals surface area contributed by atoms with Crippen molar-refractivity contribution in [3.63, 3.8) is 0 Å². The van der Waals surface area contributed by atoms with E-state index >= 15 is 0 Å². The Morgan fingerprint density at radius 3 is 2.43 bits per heavy atom. The molecule has 0 aliphatic rings. The summed E-state index contributed by atoms with van der Waals surface area (Å²) in [6.07, 6.45) is 1.45. The zero-order valence-corrected chi connectivity index (χ0v) is 5.75. The fourth-order valence-corrected chi connectivity index (χ4v) is 0.622. The highest BCUT2D eigenvalue weighted by molar-refractivity contribution is 9.09. The lowest BCUT2D eigenvalue weighted by molar-refractivity contribution is 0.465. The van der Waals surface area contributed by atoms with Gasteiger partial charge in [-0.15, -0.1) is 0 Å². The lowest BCUT2D eigenvalue weighted by Gasteiger charge is -1.95. The van der Waals surface area contributed by atoms with Gasteiger partial charge < -0.3 is 0 Å². The first-order chi connectivity index (χ1) is 3.27. The second-order valence-electron chi connectivity index (χ2n) is 1.43. The minimum atomic E-state index is -0.225. The molecule has 7 heavy (non-hydrogen) atoms. The lowest BCUT2D eigenvalue weighted by Crippen LogP contribution is -1.89. The maximum Gasteiger partial charge on any atom is 0.0894 e. The Morgan fingerprint density at radius 2 is 2.29 bits per heavy atom. The summed E-state index contributed by atoms with van der Waals surface area (Å²) in [6, 6.07) is 0. The molecule has 0 saturated heterocycles. The van der Waals surface area contributed by atoms with E-state index in [4.69, 9.17) is 0 Å². The molecule has 1 unspecified atom stereocenters. The highest BCUT2D eigenvalue weighted by Crippen LogP contribution is 2.04. The van der Waals surface area contributed by atoms with E-state index in [0.717, 1.165) is 6.42 Å². The number of rotatable bonds is 3. The van der Waals surface area contributed by atoms with Gasteiger partial charge in [0.25, 0.3) is 0 Å². The molecule has 0 bridgehead atoms. The first kappa shape index (κ1) is 7.41. The molecule has 0 heterocycles. The predicted molar refractivity (Wildman–Crippen MR) is 33.3 cm³/mol. The molecule has 0 aromatic heterocycles. The average molecular weight is 168 g/mol. The maximum atomic E-state index is 11.3. The fraction of sp³-hybridized carbons (Fsp3) is 0.800. The Morgan fingerprint density at radius 1 is 1.71 bits per heavy atom. The van der Waals surface area contributed by atoms with Crippen LogP contribution < -0.4 is 0 Å². The summed E-state index contributed by atoms with van der Waals surface area (Å²) >= 11 is 3.20. The van der Waals surface area contributed by atoms with Crippen molar-refractivity contribution in [3.05, 3.63) is 6.92 Å². The summed E-state index contributed by atoms with van der Waals surface area (Å²) in [7, 11) is 0. The molecule has 0 fully saturated rings. The molecule has 0 spiro atoms. The molecule has 2 heteroatoms. The second kappa shape index (κ2) is 4.57. The van der Waals surface area contributed by atoms with Crippen LogP contribution in [0.2, 0.25) is 0 Å². The van der Waals surface area contributed by atoms with Crippen LogP contribution >= 0.6 is 15.9 Å². The monoisotopic (exact) mass is 167 g/mol. The lowest BCUT2D eigenvalue weighted by atomic mass is 10.3. The van der Waals surface area contributed by atoms with E-state index in [0.29, 0.717) is 6.42 Å². The molecule has 0 amide bonds. The van der Waals surface area contributed by atoms with E-state index in [1.807, 2.05) is 0 Å². The number of hydrogen-bond donors (Lipinski definition) is 0. The summed E-state index contributed by atoms with van der Waals surface area (Å²) in [5.74, 6) is 0. The van der Waals surface area contributed by atoms with Crippen molar-refractivity contribution in [2.45, 2.75) is 17.7 Å². The van der Waals surface area contributed by atoms with Gasteiger partial charge in [-0.05, 0) is 19.8 Å². The molecule has 43 valence electrons. The summed E-state index contributed by atoms with van der Waals surface area (Å²) in [4.78, 5) is 0.225. The molecule has 0 rings (SSSR count). The van der Waals surface area contributed by atoms with Gasteiger partial charge in [0.1, 0.15) is 0 Å². The van der Waals surface area contributed by atoms with Gasteiger partial charge in [-0.1, -0.05) is 15.9 Å². The summed E-state index contributed by atoms with van der Waals surface area (Å²) in [5, 5.41) is 0. The van der Waals surface area contributed by atoms with Crippen molar-refractivity contribution in [1.29, 1.82) is 0 Å². The SMILES string of the molecule is [CH2]C(Br)CCCF. The standard InChI is InChI=1S/C5H9BrF/c1-5(6)3-2-4-7/h5H,1-4H2. The quantitative estimate of drug-likeness (QED) is 0.567. The van der Waals surface area contributed by atoms with Crippen LogP contribution in [0.15, 0.2) is 0 Å². The Hall–Kier alpha value is 0.410. The first-order valence-corrected chi connectivity index (χ1v) is 3.22. The van der Waals surface area contributed by atoms with Gasteiger partial charge in [-0.25, -0.2) is 0 Å². The van der Waals surface area contributed by atoms with E-state index in [1.165, 1.54) is 0 Å². The van der Waals surface area contributed by atoms with Crippen LogP contribution in [0.3, 0.4) is 0 Å². The molecule has 0 aromatic carbocycles. The second-order valence-corrected chi connectivity index (χ2v) is 2.72. The molecule has 0 nitrogen and oxygen atoms in total. The van der Waals surface area contributed by atoms with Crippen molar-refractivity contribution in [3.8, 4) is 0 Å². The van der Waals surface area contributed by atoms with Gasteiger partial charge in [0, 0.05) is 4.83 Å². The van der Waals surface area contributed by atoms with Crippen molar-refractivity contribution in [2.24, 2.45) is 0 Å². The first-order valence-electron chi connectivity index (χ1n) is 2.30. The molecule has 0 aromatic rings. The van der Waals surface area contributed by atoms with Crippen LogP contribution in [0, 0.1) is 6.92 Å². The normalized spacial score (nSPS) is 14.1. The topological polar surface area (TPSA) is 0 Å². The highest BCUT2D eigenvalue weighted by Gasteiger charge is 1.92. The zero-order chi connectivity index (χ0) is 5.70. The molecule has 1 radical (unpaired) electrons. The van der Waals surface area contributed by atoms with Crippen LogP contribution in [0.5, 0.6) is 0 Å². The van der Waals surface area contributed by atoms with Crippen LogP contribution in [0.25, 0.3) is 0 Å². The molecule has 0 saturated carbocycles.